The van der Waals surface area contributed by atoms with Gasteiger partial charge in [0.1, 0.15) is 4.60 Å². The fraction of sp³-hybridized carbons (Fsp3) is 0.500. The van der Waals surface area contributed by atoms with E-state index < -0.39 is 0 Å². The highest BCUT2D eigenvalue weighted by Gasteiger charge is 2.20. The summed E-state index contributed by atoms with van der Waals surface area (Å²) in [5.74, 6) is 0.836. The van der Waals surface area contributed by atoms with Gasteiger partial charge < -0.3 is 4.74 Å². The molecule has 2 nitrogen and oxygen atoms in total. The molecule has 0 radical (unpaired) electrons. The van der Waals surface area contributed by atoms with Crippen LogP contribution in [0.15, 0.2) is 22.9 Å². The lowest BCUT2D eigenvalue weighted by molar-refractivity contribution is 0.111. The van der Waals surface area contributed by atoms with Gasteiger partial charge in [0.05, 0.1) is 6.61 Å². The second-order valence-corrected chi connectivity index (χ2v) is 4.26. The third-order valence-corrected chi connectivity index (χ3v) is 2.58. The summed E-state index contributed by atoms with van der Waals surface area (Å²) in [7, 11) is 0. The Morgan fingerprint density at radius 3 is 2.92 bits per heavy atom. The summed E-state index contributed by atoms with van der Waals surface area (Å²) < 4.78 is 6.40. The van der Waals surface area contributed by atoms with E-state index in [4.69, 9.17) is 4.74 Å². The Morgan fingerprint density at radius 2 is 2.31 bits per heavy atom. The molecule has 1 saturated carbocycles. The molecule has 1 aliphatic carbocycles. The molecule has 1 aromatic heterocycles. The third-order valence-electron chi connectivity index (χ3n) is 2.11. The fourth-order valence-electron chi connectivity index (χ4n) is 1.12. The summed E-state index contributed by atoms with van der Waals surface area (Å²) >= 11 is 3.29. The van der Waals surface area contributed by atoms with Crippen LogP contribution in [-0.2, 0) is 11.3 Å². The van der Waals surface area contributed by atoms with Crippen molar-refractivity contribution in [3.8, 4) is 0 Å². The molecule has 0 unspecified atom stereocenters. The number of pyridine rings is 1. The first-order valence-corrected chi connectivity index (χ1v) is 5.32. The lowest BCUT2D eigenvalue weighted by atomic mass is 10.3. The van der Waals surface area contributed by atoms with Crippen molar-refractivity contribution in [1.82, 2.24) is 4.98 Å². The summed E-state index contributed by atoms with van der Waals surface area (Å²) in [6, 6.07) is 3.97. The molecule has 3 heteroatoms. The van der Waals surface area contributed by atoms with Crippen LogP contribution in [0.25, 0.3) is 0 Å². The maximum absolute atomic E-state index is 5.53. The lowest BCUT2D eigenvalue weighted by Gasteiger charge is -2.02. The number of rotatable bonds is 4. The van der Waals surface area contributed by atoms with Gasteiger partial charge in [-0.1, -0.05) is 6.07 Å². The van der Waals surface area contributed by atoms with E-state index in [-0.39, 0.29) is 0 Å². The average molecular weight is 242 g/mol. The number of nitrogens with zero attached hydrogens (tertiary/aromatic N) is 1. The van der Waals surface area contributed by atoms with Gasteiger partial charge in [-0.15, -0.1) is 0 Å². The number of ether oxygens (including phenoxy) is 1. The molecule has 0 aliphatic heterocycles. The quantitative estimate of drug-likeness (QED) is 0.757. The maximum Gasteiger partial charge on any atom is 0.106 e. The van der Waals surface area contributed by atoms with Crippen LogP contribution in [0.1, 0.15) is 18.4 Å². The molecule has 0 aromatic carbocycles. The largest absolute Gasteiger partial charge is 0.376 e. The molecule has 0 N–H and O–H groups in total. The van der Waals surface area contributed by atoms with E-state index >= 15 is 0 Å². The van der Waals surface area contributed by atoms with Gasteiger partial charge in [-0.25, -0.2) is 4.98 Å². The molecule has 0 amide bonds. The van der Waals surface area contributed by atoms with Gasteiger partial charge in [0.2, 0.25) is 0 Å². The molecule has 0 atom stereocenters. The van der Waals surface area contributed by atoms with Gasteiger partial charge in [-0.05, 0) is 46.3 Å². The number of halogens is 1. The van der Waals surface area contributed by atoms with E-state index in [1.807, 2.05) is 18.3 Å². The first-order chi connectivity index (χ1) is 6.34. The zero-order valence-electron chi connectivity index (χ0n) is 7.37. The number of hydrogen-bond acceptors (Lipinski definition) is 2. The topological polar surface area (TPSA) is 22.1 Å². The molecule has 0 spiro atoms. The Bertz CT molecular complexity index is 269. The van der Waals surface area contributed by atoms with Crippen molar-refractivity contribution >= 4 is 15.9 Å². The second kappa shape index (κ2) is 4.20. The molecule has 0 bridgehead atoms. The highest BCUT2D eigenvalue weighted by Crippen LogP contribution is 2.29. The smallest absolute Gasteiger partial charge is 0.106 e. The van der Waals surface area contributed by atoms with Crippen LogP contribution in [0.5, 0.6) is 0 Å². The molecule has 0 saturated heterocycles. The van der Waals surface area contributed by atoms with Crippen molar-refractivity contribution in [3.63, 3.8) is 0 Å². The van der Waals surface area contributed by atoms with E-state index in [1.54, 1.807) is 0 Å². The van der Waals surface area contributed by atoms with Gasteiger partial charge in [-0.3, -0.25) is 0 Å². The zero-order chi connectivity index (χ0) is 9.10. The van der Waals surface area contributed by atoms with Crippen LogP contribution in [-0.4, -0.2) is 11.6 Å². The van der Waals surface area contributed by atoms with E-state index in [0.717, 1.165) is 22.7 Å². The predicted octanol–water partition coefficient (Wildman–Crippen LogP) is 2.77. The lowest BCUT2D eigenvalue weighted by Crippen LogP contribution is -1.97. The van der Waals surface area contributed by atoms with Gasteiger partial charge in [-0.2, -0.15) is 0 Å². The average Bonchev–Trinajstić information content (AvgIpc) is 2.92. The van der Waals surface area contributed by atoms with Crippen molar-refractivity contribution in [2.24, 2.45) is 5.92 Å². The van der Waals surface area contributed by atoms with Crippen molar-refractivity contribution in [3.05, 3.63) is 28.5 Å². The van der Waals surface area contributed by atoms with E-state index in [9.17, 15) is 0 Å². The molecular formula is C10H12BrNO. The minimum atomic E-state index is 0.691. The third kappa shape index (κ3) is 3.08. The monoisotopic (exact) mass is 241 g/mol. The van der Waals surface area contributed by atoms with Gasteiger partial charge in [0.25, 0.3) is 0 Å². The molecule has 70 valence electrons. The SMILES string of the molecule is Brc1ccc(COCC2CC2)cn1. The van der Waals surface area contributed by atoms with Crippen LogP contribution in [0.2, 0.25) is 0 Å². The first-order valence-electron chi connectivity index (χ1n) is 4.53. The predicted molar refractivity (Wildman–Crippen MR) is 54.3 cm³/mol. The summed E-state index contributed by atoms with van der Waals surface area (Å²) in [6.07, 6.45) is 4.54. The number of hydrogen-bond donors (Lipinski definition) is 0. The molecule has 13 heavy (non-hydrogen) atoms. The number of aromatic nitrogens is 1. The Hall–Kier alpha value is -0.410. The van der Waals surface area contributed by atoms with Crippen molar-refractivity contribution in [2.75, 3.05) is 6.61 Å². The Kier molecular flexibility index (Phi) is 2.96. The summed E-state index contributed by atoms with van der Waals surface area (Å²) in [5.41, 5.74) is 1.14. The molecular weight excluding hydrogens is 230 g/mol. The van der Waals surface area contributed by atoms with E-state index in [1.165, 1.54) is 12.8 Å². The van der Waals surface area contributed by atoms with Crippen LogP contribution in [0.3, 0.4) is 0 Å². The first kappa shape index (κ1) is 9.16. The van der Waals surface area contributed by atoms with Crippen molar-refractivity contribution in [1.29, 1.82) is 0 Å². The summed E-state index contributed by atoms with van der Waals surface area (Å²) in [6.45, 7) is 1.60. The highest BCUT2D eigenvalue weighted by atomic mass is 79.9. The summed E-state index contributed by atoms with van der Waals surface area (Å²) in [4.78, 5) is 4.13. The van der Waals surface area contributed by atoms with Gasteiger partial charge in [0, 0.05) is 12.8 Å². The van der Waals surface area contributed by atoms with Crippen LogP contribution < -0.4 is 0 Å². The normalized spacial score (nSPS) is 16.1. The van der Waals surface area contributed by atoms with Crippen molar-refractivity contribution in [2.45, 2.75) is 19.4 Å². The minimum absolute atomic E-state index is 0.691. The molecule has 2 rings (SSSR count). The molecule has 1 heterocycles. The molecule has 1 fully saturated rings. The fourth-order valence-corrected chi connectivity index (χ4v) is 1.35. The Balaban J connectivity index is 1.76. The van der Waals surface area contributed by atoms with Crippen LogP contribution in [0.4, 0.5) is 0 Å². The summed E-state index contributed by atoms with van der Waals surface area (Å²) in [5, 5.41) is 0. The standard InChI is InChI=1S/C10H12BrNO/c11-10-4-3-9(5-12-10)7-13-6-8-1-2-8/h3-5,8H,1-2,6-7H2. The van der Waals surface area contributed by atoms with Crippen LogP contribution in [0, 0.1) is 5.92 Å². The zero-order valence-corrected chi connectivity index (χ0v) is 8.96. The van der Waals surface area contributed by atoms with Gasteiger partial charge >= 0.3 is 0 Å². The Labute approximate surface area is 86.5 Å². The molecule has 1 aliphatic rings. The van der Waals surface area contributed by atoms with E-state index in [0.29, 0.717) is 6.61 Å². The maximum atomic E-state index is 5.53. The van der Waals surface area contributed by atoms with Crippen LogP contribution >= 0.6 is 15.9 Å². The second-order valence-electron chi connectivity index (χ2n) is 3.45. The minimum Gasteiger partial charge on any atom is -0.376 e. The van der Waals surface area contributed by atoms with Gasteiger partial charge in [0.15, 0.2) is 0 Å². The highest BCUT2D eigenvalue weighted by molar-refractivity contribution is 9.10. The molecule has 1 aromatic rings. The van der Waals surface area contributed by atoms with Crippen molar-refractivity contribution < 1.29 is 4.74 Å². The van der Waals surface area contributed by atoms with E-state index in [2.05, 4.69) is 20.9 Å². The Morgan fingerprint density at radius 1 is 1.46 bits per heavy atom.